The van der Waals surface area contributed by atoms with Crippen LogP contribution in [0.3, 0.4) is 0 Å². The van der Waals surface area contributed by atoms with Gasteiger partial charge < -0.3 is 10.4 Å². The molecule has 0 aromatic rings. The molecule has 0 spiro atoms. The molecule has 0 unspecified atom stereocenters. The highest BCUT2D eigenvalue weighted by Crippen LogP contribution is 2.33. The second-order valence-electron chi connectivity index (χ2n) is 4.54. The molecule has 0 saturated heterocycles. The van der Waals surface area contributed by atoms with E-state index in [1.54, 1.807) is 0 Å². The van der Waals surface area contributed by atoms with E-state index < -0.39 is 5.97 Å². The van der Waals surface area contributed by atoms with Crippen molar-refractivity contribution < 1.29 is 14.7 Å². The Morgan fingerprint density at radius 2 is 1.81 bits per heavy atom. The standard InChI is InChI=1S/C12H21NO3/c14-11(5-1-2-6-12(15)16)13-9-3-4-10-7-8-10/h10H,1-9H2,(H,13,14)(H,15,16). The number of carboxylic acids is 1. The van der Waals surface area contributed by atoms with Crippen LogP contribution in [0.4, 0.5) is 0 Å². The van der Waals surface area contributed by atoms with Crippen LogP contribution in [0.15, 0.2) is 0 Å². The molecular formula is C12H21NO3. The maximum atomic E-state index is 11.3. The van der Waals surface area contributed by atoms with Crippen LogP contribution in [-0.2, 0) is 9.59 Å². The van der Waals surface area contributed by atoms with Gasteiger partial charge in [0.15, 0.2) is 0 Å². The van der Waals surface area contributed by atoms with Crippen LogP contribution in [0, 0.1) is 5.92 Å². The van der Waals surface area contributed by atoms with Gasteiger partial charge in [-0.1, -0.05) is 12.8 Å². The second kappa shape index (κ2) is 7.25. The van der Waals surface area contributed by atoms with Crippen LogP contribution in [0.5, 0.6) is 0 Å². The summed E-state index contributed by atoms with van der Waals surface area (Å²) in [6.45, 7) is 0.772. The molecule has 2 N–H and O–H groups in total. The highest BCUT2D eigenvalue weighted by atomic mass is 16.4. The van der Waals surface area contributed by atoms with Gasteiger partial charge in [0.05, 0.1) is 0 Å². The molecule has 0 aliphatic heterocycles. The van der Waals surface area contributed by atoms with Gasteiger partial charge >= 0.3 is 5.97 Å². The lowest BCUT2D eigenvalue weighted by atomic mass is 10.2. The summed E-state index contributed by atoms with van der Waals surface area (Å²) in [4.78, 5) is 21.5. The minimum Gasteiger partial charge on any atom is -0.481 e. The Hall–Kier alpha value is -1.06. The number of hydrogen-bond donors (Lipinski definition) is 2. The fourth-order valence-corrected chi connectivity index (χ4v) is 1.68. The zero-order chi connectivity index (χ0) is 11.8. The van der Waals surface area contributed by atoms with Crippen molar-refractivity contribution in [3.63, 3.8) is 0 Å². The van der Waals surface area contributed by atoms with Gasteiger partial charge in [-0.05, 0) is 31.6 Å². The van der Waals surface area contributed by atoms with Crippen molar-refractivity contribution in [1.82, 2.24) is 5.32 Å². The van der Waals surface area contributed by atoms with Gasteiger partial charge in [0.1, 0.15) is 0 Å². The third kappa shape index (κ3) is 7.26. The molecule has 1 amide bonds. The molecule has 4 nitrogen and oxygen atoms in total. The highest BCUT2D eigenvalue weighted by molar-refractivity contribution is 5.75. The predicted molar refractivity (Wildman–Crippen MR) is 61.1 cm³/mol. The minimum atomic E-state index is -0.787. The lowest BCUT2D eigenvalue weighted by molar-refractivity contribution is -0.137. The molecule has 0 aromatic carbocycles. The monoisotopic (exact) mass is 227 g/mol. The first-order valence-corrected chi connectivity index (χ1v) is 6.17. The molecule has 0 bridgehead atoms. The Morgan fingerprint density at radius 3 is 2.44 bits per heavy atom. The van der Waals surface area contributed by atoms with E-state index in [4.69, 9.17) is 5.11 Å². The third-order valence-corrected chi connectivity index (χ3v) is 2.85. The van der Waals surface area contributed by atoms with Gasteiger partial charge in [0, 0.05) is 19.4 Å². The van der Waals surface area contributed by atoms with Crippen molar-refractivity contribution >= 4 is 11.9 Å². The van der Waals surface area contributed by atoms with Gasteiger partial charge in [-0.2, -0.15) is 0 Å². The van der Waals surface area contributed by atoms with E-state index >= 15 is 0 Å². The summed E-state index contributed by atoms with van der Waals surface area (Å²) in [5.74, 6) is 0.193. The van der Waals surface area contributed by atoms with Crippen molar-refractivity contribution in [1.29, 1.82) is 0 Å². The van der Waals surface area contributed by atoms with Crippen LogP contribution in [-0.4, -0.2) is 23.5 Å². The van der Waals surface area contributed by atoms with E-state index in [2.05, 4.69) is 5.32 Å². The smallest absolute Gasteiger partial charge is 0.303 e. The molecule has 0 heterocycles. The normalized spacial score (nSPS) is 14.8. The highest BCUT2D eigenvalue weighted by Gasteiger charge is 2.19. The summed E-state index contributed by atoms with van der Waals surface area (Å²) in [6, 6.07) is 0. The average molecular weight is 227 g/mol. The maximum absolute atomic E-state index is 11.3. The first-order valence-electron chi connectivity index (χ1n) is 6.17. The number of unbranched alkanes of at least 4 members (excludes halogenated alkanes) is 1. The second-order valence-corrected chi connectivity index (χ2v) is 4.54. The fraction of sp³-hybridized carbons (Fsp3) is 0.833. The zero-order valence-electron chi connectivity index (χ0n) is 9.71. The lowest BCUT2D eigenvalue weighted by Crippen LogP contribution is -2.24. The first-order chi connectivity index (χ1) is 7.68. The van der Waals surface area contributed by atoms with Gasteiger partial charge in [0.25, 0.3) is 0 Å². The number of hydrogen-bond acceptors (Lipinski definition) is 2. The van der Waals surface area contributed by atoms with Crippen LogP contribution < -0.4 is 5.32 Å². The molecule has 1 saturated carbocycles. The molecule has 4 heteroatoms. The summed E-state index contributed by atoms with van der Waals surface area (Å²) >= 11 is 0. The Bertz CT molecular complexity index is 236. The maximum Gasteiger partial charge on any atom is 0.303 e. The number of carbonyl (C=O) groups is 2. The van der Waals surface area contributed by atoms with Crippen molar-refractivity contribution in [2.24, 2.45) is 5.92 Å². The molecule has 92 valence electrons. The van der Waals surface area contributed by atoms with Crippen LogP contribution in [0.25, 0.3) is 0 Å². The van der Waals surface area contributed by atoms with Crippen molar-refractivity contribution in [3.05, 3.63) is 0 Å². The Morgan fingerprint density at radius 1 is 1.12 bits per heavy atom. The molecule has 1 rings (SSSR count). The van der Waals surface area contributed by atoms with Gasteiger partial charge in [-0.25, -0.2) is 0 Å². The topological polar surface area (TPSA) is 66.4 Å². The predicted octanol–water partition coefficient (Wildman–Crippen LogP) is 1.94. The van der Waals surface area contributed by atoms with Crippen LogP contribution in [0.1, 0.15) is 51.4 Å². The molecular weight excluding hydrogens is 206 g/mol. The van der Waals surface area contributed by atoms with E-state index in [0.717, 1.165) is 18.9 Å². The molecule has 1 aliphatic rings. The van der Waals surface area contributed by atoms with Crippen LogP contribution >= 0.6 is 0 Å². The Labute approximate surface area is 96.4 Å². The van der Waals surface area contributed by atoms with Crippen molar-refractivity contribution in [3.8, 4) is 0 Å². The van der Waals surface area contributed by atoms with Gasteiger partial charge in [-0.3, -0.25) is 9.59 Å². The SMILES string of the molecule is O=C(O)CCCCC(=O)NCCCC1CC1. The summed E-state index contributed by atoms with van der Waals surface area (Å²) in [6.07, 6.45) is 6.91. The quantitative estimate of drug-likeness (QED) is 0.591. The van der Waals surface area contributed by atoms with Gasteiger partial charge in [0.2, 0.25) is 5.91 Å². The lowest BCUT2D eigenvalue weighted by Gasteiger charge is -2.04. The molecule has 16 heavy (non-hydrogen) atoms. The zero-order valence-corrected chi connectivity index (χ0v) is 9.71. The first kappa shape index (κ1) is 13.0. The minimum absolute atomic E-state index is 0.0567. The van der Waals surface area contributed by atoms with E-state index in [9.17, 15) is 9.59 Å². The average Bonchev–Trinajstić information content (AvgIpc) is 3.03. The molecule has 0 aromatic heterocycles. The van der Waals surface area contributed by atoms with E-state index in [0.29, 0.717) is 19.3 Å². The number of rotatable bonds is 9. The number of aliphatic carboxylic acids is 1. The fourth-order valence-electron chi connectivity index (χ4n) is 1.68. The van der Waals surface area contributed by atoms with Crippen LogP contribution in [0.2, 0.25) is 0 Å². The van der Waals surface area contributed by atoms with Gasteiger partial charge in [-0.15, -0.1) is 0 Å². The summed E-state index contributed by atoms with van der Waals surface area (Å²) in [7, 11) is 0. The number of amides is 1. The Kier molecular flexibility index (Phi) is 5.90. The van der Waals surface area contributed by atoms with E-state index in [1.807, 2.05) is 0 Å². The number of carboxylic acid groups (broad SMARTS) is 1. The Balaban J connectivity index is 1.83. The summed E-state index contributed by atoms with van der Waals surface area (Å²) in [5.41, 5.74) is 0. The van der Waals surface area contributed by atoms with E-state index in [-0.39, 0.29) is 12.3 Å². The molecule has 0 radical (unpaired) electrons. The molecule has 0 atom stereocenters. The van der Waals surface area contributed by atoms with Crippen molar-refractivity contribution in [2.45, 2.75) is 51.4 Å². The number of carbonyl (C=O) groups excluding carboxylic acids is 1. The number of nitrogens with one attached hydrogen (secondary N) is 1. The third-order valence-electron chi connectivity index (χ3n) is 2.85. The molecule has 1 aliphatic carbocycles. The molecule has 1 fully saturated rings. The van der Waals surface area contributed by atoms with E-state index in [1.165, 1.54) is 19.3 Å². The largest absolute Gasteiger partial charge is 0.481 e. The summed E-state index contributed by atoms with van der Waals surface area (Å²) < 4.78 is 0. The summed E-state index contributed by atoms with van der Waals surface area (Å²) in [5, 5.41) is 11.3. The van der Waals surface area contributed by atoms with Crippen molar-refractivity contribution in [2.75, 3.05) is 6.54 Å².